The third-order valence-electron chi connectivity index (χ3n) is 1.60. The van der Waals surface area contributed by atoms with E-state index in [0.29, 0.717) is 6.54 Å². The van der Waals surface area contributed by atoms with Gasteiger partial charge in [-0.25, -0.2) is 4.79 Å². The molecule has 1 saturated heterocycles. The first-order chi connectivity index (χ1) is 4.75. The number of carbonyl (C=O) groups excluding carboxylic acids is 1. The fourth-order valence-electron chi connectivity index (χ4n) is 0.946. The molecule has 0 radical (unpaired) electrons. The van der Waals surface area contributed by atoms with Gasteiger partial charge in [0, 0.05) is 13.1 Å². The van der Waals surface area contributed by atoms with E-state index in [0.717, 1.165) is 6.54 Å². The number of nitrogens with one attached hydrogen (secondary N) is 1. The Balaban J connectivity index is 2.57. The van der Waals surface area contributed by atoms with Crippen molar-refractivity contribution >= 4 is 6.03 Å². The van der Waals surface area contributed by atoms with Crippen LogP contribution in [0, 0.1) is 12.3 Å². The third-order valence-corrected chi connectivity index (χ3v) is 1.60. The highest BCUT2D eigenvalue weighted by atomic mass is 16.2. The Morgan fingerprint density at radius 3 is 3.00 bits per heavy atom. The number of terminal acetylenes is 1. The molecule has 1 unspecified atom stereocenters. The summed E-state index contributed by atoms with van der Waals surface area (Å²) in [5.74, 6) is 2.50. The van der Waals surface area contributed by atoms with Crippen molar-refractivity contribution in [1.82, 2.24) is 10.2 Å². The molecule has 2 amide bonds. The minimum atomic E-state index is -0.0810. The number of rotatable bonds is 1. The molecule has 0 aromatic carbocycles. The third kappa shape index (κ3) is 1.06. The molecule has 3 nitrogen and oxygen atoms in total. The Bertz CT molecular complexity index is 183. The normalized spacial score (nSPS) is 20.0. The zero-order valence-electron chi connectivity index (χ0n) is 5.92. The van der Waals surface area contributed by atoms with Crippen LogP contribution in [0.1, 0.15) is 6.92 Å². The van der Waals surface area contributed by atoms with Gasteiger partial charge in [0.1, 0.15) is 0 Å². The van der Waals surface area contributed by atoms with Crippen LogP contribution in [0.25, 0.3) is 0 Å². The Morgan fingerprint density at radius 1 is 1.90 bits per heavy atom. The van der Waals surface area contributed by atoms with Gasteiger partial charge in [-0.05, 0) is 6.92 Å². The van der Waals surface area contributed by atoms with Gasteiger partial charge in [-0.2, -0.15) is 0 Å². The highest BCUT2D eigenvalue weighted by Crippen LogP contribution is 2.01. The van der Waals surface area contributed by atoms with Gasteiger partial charge in [-0.1, -0.05) is 5.92 Å². The molecule has 1 heterocycles. The summed E-state index contributed by atoms with van der Waals surface area (Å²) in [5.41, 5.74) is 0. The molecule has 0 saturated carbocycles. The minimum absolute atomic E-state index is 0.0505. The number of nitrogens with zero attached hydrogens (tertiary/aromatic N) is 1. The summed E-state index contributed by atoms with van der Waals surface area (Å²) in [7, 11) is 0. The highest BCUT2D eigenvalue weighted by Gasteiger charge is 2.22. The molecular weight excluding hydrogens is 128 g/mol. The van der Waals surface area contributed by atoms with E-state index < -0.39 is 0 Å². The first-order valence-corrected chi connectivity index (χ1v) is 3.26. The summed E-state index contributed by atoms with van der Waals surface area (Å²) < 4.78 is 0. The number of hydrogen-bond donors (Lipinski definition) is 1. The zero-order valence-corrected chi connectivity index (χ0v) is 5.92. The van der Waals surface area contributed by atoms with E-state index in [-0.39, 0.29) is 12.1 Å². The Hall–Kier alpha value is -1.17. The molecule has 0 spiro atoms. The molecule has 1 N–H and O–H groups in total. The molecule has 10 heavy (non-hydrogen) atoms. The second-order valence-electron chi connectivity index (χ2n) is 2.27. The van der Waals surface area contributed by atoms with E-state index in [2.05, 4.69) is 11.2 Å². The molecule has 1 rings (SSSR count). The fourth-order valence-corrected chi connectivity index (χ4v) is 0.946. The van der Waals surface area contributed by atoms with Gasteiger partial charge in [0.25, 0.3) is 0 Å². The summed E-state index contributed by atoms with van der Waals surface area (Å²) >= 11 is 0. The van der Waals surface area contributed by atoms with Crippen molar-refractivity contribution in [2.45, 2.75) is 13.0 Å². The van der Waals surface area contributed by atoms with Crippen molar-refractivity contribution < 1.29 is 4.79 Å². The van der Waals surface area contributed by atoms with Gasteiger partial charge in [0.05, 0.1) is 6.04 Å². The molecule has 3 heteroatoms. The lowest BCUT2D eigenvalue weighted by molar-refractivity contribution is 0.212. The van der Waals surface area contributed by atoms with Crippen LogP contribution in [0.4, 0.5) is 4.79 Å². The lowest BCUT2D eigenvalue weighted by Gasteiger charge is -2.16. The van der Waals surface area contributed by atoms with E-state index in [1.165, 1.54) is 0 Å². The fraction of sp³-hybridized carbons (Fsp3) is 0.571. The summed E-state index contributed by atoms with van der Waals surface area (Å²) in [6, 6.07) is -0.132. The Morgan fingerprint density at radius 2 is 2.60 bits per heavy atom. The summed E-state index contributed by atoms with van der Waals surface area (Å²) in [4.78, 5) is 12.5. The summed E-state index contributed by atoms with van der Waals surface area (Å²) in [5, 5.41) is 2.68. The van der Waals surface area contributed by atoms with Crippen molar-refractivity contribution in [2.75, 3.05) is 13.1 Å². The Labute approximate surface area is 60.4 Å². The van der Waals surface area contributed by atoms with Crippen molar-refractivity contribution in [3.63, 3.8) is 0 Å². The van der Waals surface area contributed by atoms with Crippen molar-refractivity contribution in [1.29, 1.82) is 0 Å². The molecule has 54 valence electrons. The van der Waals surface area contributed by atoms with Gasteiger partial charge in [-0.15, -0.1) is 6.42 Å². The second-order valence-corrected chi connectivity index (χ2v) is 2.27. The van der Waals surface area contributed by atoms with Crippen LogP contribution >= 0.6 is 0 Å². The number of urea groups is 1. The molecule has 0 aromatic heterocycles. The average Bonchev–Trinajstić information content (AvgIpc) is 2.34. The molecular formula is C7H10N2O. The number of amides is 2. The first-order valence-electron chi connectivity index (χ1n) is 3.26. The van der Waals surface area contributed by atoms with Crippen LogP contribution in [0.15, 0.2) is 0 Å². The van der Waals surface area contributed by atoms with E-state index >= 15 is 0 Å². The van der Waals surface area contributed by atoms with Gasteiger partial charge in [-0.3, -0.25) is 0 Å². The molecule has 0 aliphatic carbocycles. The predicted octanol–water partition coefficient (Wildman–Crippen LogP) is 0.0333. The van der Waals surface area contributed by atoms with Crippen LogP contribution in [0.2, 0.25) is 0 Å². The van der Waals surface area contributed by atoms with Crippen molar-refractivity contribution in [3.05, 3.63) is 0 Å². The lowest BCUT2D eigenvalue weighted by atomic mass is 10.3. The van der Waals surface area contributed by atoms with Crippen LogP contribution in [-0.2, 0) is 0 Å². The van der Waals surface area contributed by atoms with Crippen LogP contribution in [0.5, 0.6) is 0 Å². The van der Waals surface area contributed by atoms with Gasteiger partial charge in [0.15, 0.2) is 0 Å². The molecule has 1 fully saturated rings. The predicted molar refractivity (Wildman–Crippen MR) is 38.4 cm³/mol. The average molecular weight is 138 g/mol. The smallest absolute Gasteiger partial charge is 0.318 e. The number of carbonyl (C=O) groups is 1. The molecule has 1 atom stereocenters. The first kappa shape index (κ1) is 6.94. The van der Waals surface area contributed by atoms with Crippen molar-refractivity contribution in [3.8, 4) is 12.3 Å². The van der Waals surface area contributed by atoms with Crippen LogP contribution < -0.4 is 5.32 Å². The minimum Gasteiger partial charge on any atom is -0.336 e. The van der Waals surface area contributed by atoms with E-state index in [9.17, 15) is 4.79 Å². The van der Waals surface area contributed by atoms with Crippen LogP contribution in [-0.4, -0.2) is 30.1 Å². The summed E-state index contributed by atoms with van der Waals surface area (Å²) in [6.07, 6.45) is 5.14. The maximum absolute atomic E-state index is 10.9. The van der Waals surface area contributed by atoms with Gasteiger partial charge >= 0.3 is 6.03 Å². The van der Waals surface area contributed by atoms with E-state index in [4.69, 9.17) is 6.42 Å². The SMILES string of the molecule is C#CC(C)N1CCNC1=O. The highest BCUT2D eigenvalue weighted by molar-refractivity contribution is 5.76. The lowest BCUT2D eigenvalue weighted by Crippen LogP contribution is -2.34. The van der Waals surface area contributed by atoms with Crippen LogP contribution in [0.3, 0.4) is 0 Å². The molecule has 1 aliphatic heterocycles. The van der Waals surface area contributed by atoms with Gasteiger partial charge < -0.3 is 10.2 Å². The standard InChI is InChI=1S/C7H10N2O/c1-3-6(2)9-5-4-8-7(9)10/h1,6H,4-5H2,2H3,(H,8,10). The topological polar surface area (TPSA) is 32.3 Å². The van der Waals surface area contributed by atoms with Crippen molar-refractivity contribution in [2.24, 2.45) is 0 Å². The Kier molecular flexibility index (Phi) is 1.81. The number of hydrogen-bond acceptors (Lipinski definition) is 1. The largest absolute Gasteiger partial charge is 0.336 e. The monoisotopic (exact) mass is 138 g/mol. The van der Waals surface area contributed by atoms with Gasteiger partial charge in [0.2, 0.25) is 0 Å². The second kappa shape index (κ2) is 2.61. The maximum atomic E-state index is 10.9. The quantitative estimate of drug-likeness (QED) is 0.509. The van der Waals surface area contributed by atoms with E-state index in [1.54, 1.807) is 4.90 Å². The summed E-state index contributed by atoms with van der Waals surface area (Å²) in [6.45, 7) is 3.28. The van der Waals surface area contributed by atoms with E-state index in [1.807, 2.05) is 6.92 Å². The molecule has 1 aliphatic rings. The zero-order chi connectivity index (χ0) is 7.56. The molecule has 0 bridgehead atoms. The molecule has 0 aromatic rings. The maximum Gasteiger partial charge on any atom is 0.318 e.